The third kappa shape index (κ3) is 13.2. The molecule has 4 rings (SSSR count). The largest absolute Gasteiger partial charge is 0.460 e. The summed E-state index contributed by atoms with van der Waals surface area (Å²) < 4.78 is 10.6. The quantitative estimate of drug-likeness (QED) is 0.148. The maximum Gasteiger partial charge on any atom is 0.320 e. The molecule has 10 heteroatoms. The van der Waals surface area contributed by atoms with Gasteiger partial charge in [-0.25, -0.2) is 0 Å². The van der Waals surface area contributed by atoms with Crippen molar-refractivity contribution in [2.45, 2.75) is 26.3 Å². The fourth-order valence-corrected chi connectivity index (χ4v) is 4.78. The van der Waals surface area contributed by atoms with Crippen LogP contribution in [0.2, 0.25) is 0 Å². The predicted octanol–water partition coefficient (Wildman–Crippen LogP) is 3.71. The average molecular weight is 651 g/mol. The summed E-state index contributed by atoms with van der Waals surface area (Å²) in [5.74, 6) is -1.36. The lowest BCUT2D eigenvalue weighted by Crippen LogP contribution is -2.46. The maximum absolute atomic E-state index is 13.4. The molecular formula is C38H42N4O6. The Morgan fingerprint density at radius 2 is 0.750 bits per heavy atom. The van der Waals surface area contributed by atoms with Crippen LogP contribution in [0.25, 0.3) is 0 Å². The fraction of sp³-hybridized carbons (Fsp3) is 0.263. The summed E-state index contributed by atoms with van der Waals surface area (Å²) in [7, 11) is 0. The van der Waals surface area contributed by atoms with Crippen LogP contribution in [0.15, 0.2) is 121 Å². The number of esters is 2. The van der Waals surface area contributed by atoms with Crippen LogP contribution in [0.1, 0.15) is 22.3 Å². The molecule has 48 heavy (non-hydrogen) atoms. The minimum absolute atomic E-state index is 0.0768. The molecule has 0 aliphatic rings. The molecule has 0 aliphatic carbocycles. The molecule has 2 amide bonds. The van der Waals surface area contributed by atoms with Gasteiger partial charge in [0.25, 0.3) is 0 Å². The lowest BCUT2D eigenvalue weighted by atomic mass is 10.2. The molecule has 4 aromatic rings. The summed E-state index contributed by atoms with van der Waals surface area (Å²) in [6, 6.07) is 37.9. The van der Waals surface area contributed by atoms with E-state index in [1.807, 2.05) is 121 Å². The van der Waals surface area contributed by atoms with E-state index in [4.69, 9.17) is 9.47 Å². The number of rotatable bonds is 19. The van der Waals surface area contributed by atoms with E-state index < -0.39 is 11.9 Å². The molecule has 0 bridgehead atoms. The molecule has 0 radical (unpaired) electrons. The van der Waals surface area contributed by atoms with Crippen LogP contribution in [0, 0.1) is 0 Å². The maximum atomic E-state index is 13.4. The topological polar surface area (TPSA) is 117 Å². The molecule has 10 nitrogen and oxygen atoms in total. The molecule has 0 unspecified atom stereocenters. The first-order valence-electron chi connectivity index (χ1n) is 15.9. The number of nitrogens with zero attached hydrogens (tertiary/aromatic N) is 2. The Morgan fingerprint density at radius 3 is 1.08 bits per heavy atom. The number of carbonyl (C=O) groups excluding carboxylic acids is 4. The van der Waals surface area contributed by atoms with Gasteiger partial charge in [0.2, 0.25) is 11.8 Å². The lowest BCUT2D eigenvalue weighted by molar-refractivity contribution is -0.145. The fourth-order valence-electron chi connectivity index (χ4n) is 4.78. The average Bonchev–Trinajstić information content (AvgIpc) is 3.12. The Kier molecular flexibility index (Phi) is 14.8. The summed E-state index contributed by atoms with van der Waals surface area (Å²) in [5.41, 5.74) is 3.63. The number of hydrogen-bond donors (Lipinski definition) is 2. The van der Waals surface area contributed by atoms with Crippen LogP contribution >= 0.6 is 0 Å². The molecule has 0 saturated carbocycles. The Balaban J connectivity index is 1.31. The molecule has 2 N–H and O–H groups in total. The number of carbonyl (C=O) groups is 4. The van der Waals surface area contributed by atoms with E-state index in [-0.39, 0.29) is 64.3 Å². The first kappa shape index (κ1) is 35.5. The van der Waals surface area contributed by atoms with Crippen molar-refractivity contribution in [2.75, 3.05) is 39.3 Å². The van der Waals surface area contributed by atoms with E-state index >= 15 is 0 Å². The summed E-state index contributed by atoms with van der Waals surface area (Å²) in [5, 5.41) is 5.79. The molecule has 0 atom stereocenters. The van der Waals surface area contributed by atoms with Crippen molar-refractivity contribution in [3.05, 3.63) is 144 Å². The van der Waals surface area contributed by atoms with Crippen LogP contribution < -0.4 is 10.6 Å². The van der Waals surface area contributed by atoms with Crippen LogP contribution in [-0.2, 0) is 55.0 Å². The Hall–Kier alpha value is -5.32. The zero-order valence-corrected chi connectivity index (χ0v) is 27.0. The van der Waals surface area contributed by atoms with Gasteiger partial charge in [0.1, 0.15) is 13.2 Å². The number of nitrogens with one attached hydrogen (secondary N) is 2. The third-order valence-corrected chi connectivity index (χ3v) is 7.35. The first-order chi connectivity index (χ1) is 23.5. The molecule has 0 heterocycles. The second kappa shape index (κ2) is 20.0. The SMILES string of the molecule is O=C(CNCC(=O)N(CCN(Cc1ccccc1)C(=O)CNCC(=O)OCc1ccccc1)Cc1ccccc1)OCc1ccccc1. The zero-order chi connectivity index (χ0) is 33.8. The second-order valence-electron chi connectivity index (χ2n) is 11.1. The van der Waals surface area contributed by atoms with Crippen LogP contribution in [-0.4, -0.2) is 72.8 Å². The van der Waals surface area contributed by atoms with E-state index in [1.54, 1.807) is 9.80 Å². The van der Waals surface area contributed by atoms with Gasteiger partial charge in [-0.3, -0.25) is 29.8 Å². The van der Waals surface area contributed by atoms with Crippen molar-refractivity contribution < 1.29 is 28.7 Å². The summed E-state index contributed by atoms with van der Waals surface area (Å²) >= 11 is 0. The van der Waals surface area contributed by atoms with Gasteiger partial charge >= 0.3 is 11.9 Å². The van der Waals surface area contributed by atoms with Gasteiger partial charge in [0.15, 0.2) is 0 Å². The zero-order valence-electron chi connectivity index (χ0n) is 27.0. The number of hydrogen-bond acceptors (Lipinski definition) is 8. The van der Waals surface area contributed by atoms with E-state index in [1.165, 1.54) is 0 Å². The third-order valence-electron chi connectivity index (χ3n) is 7.35. The molecule has 0 spiro atoms. The Labute approximate surface area is 281 Å². The van der Waals surface area contributed by atoms with Crippen LogP contribution in [0.3, 0.4) is 0 Å². The van der Waals surface area contributed by atoms with Gasteiger partial charge in [-0.2, -0.15) is 0 Å². The molecule has 0 aliphatic heterocycles. The van der Waals surface area contributed by atoms with Gasteiger partial charge in [0.05, 0.1) is 26.2 Å². The summed E-state index contributed by atoms with van der Waals surface area (Å²) in [4.78, 5) is 54.7. The number of amides is 2. The van der Waals surface area contributed by atoms with Crippen molar-refractivity contribution in [3.63, 3.8) is 0 Å². The molecular weight excluding hydrogens is 608 g/mol. The van der Waals surface area contributed by atoms with Crippen molar-refractivity contribution >= 4 is 23.8 Å². The molecule has 0 fully saturated rings. The minimum Gasteiger partial charge on any atom is -0.460 e. The van der Waals surface area contributed by atoms with Crippen molar-refractivity contribution in [1.29, 1.82) is 0 Å². The highest BCUT2D eigenvalue weighted by Crippen LogP contribution is 2.09. The predicted molar refractivity (Wildman–Crippen MR) is 182 cm³/mol. The van der Waals surface area contributed by atoms with Gasteiger partial charge in [-0.05, 0) is 22.3 Å². The Bertz CT molecular complexity index is 1440. The van der Waals surface area contributed by atoms with E-state index in [2.05, 4.69) is 10.6 Å². The second-order valence-corrected chi connectivity index (χ2v) is 11.1. The van der Waals surface area contributed by atoms with Gasteiger partial charge in [0, 0.05) is 26.2 Å². The standard InChI is InChI=1S/C38H42N4O6/c43-35(23-39-25-37(45)47-29-33-17-9-3-10-18-33)41(27-31-13-5-1-6-14-31)21-22-42(28-32-15-7-2-8-16-32)36(44)24-40-26-38(46)48-30-34-19-11-4-12-20-34/h1-20,39-40H,21-30H2. The van der Waals surface area contributed by atoms with E-state index in [0.717, 1.165) is 22.3 Å². The highest BCUT2D eigenvalue weighted by Gasteiger charge is 2.20. The minimum atomic E-state index is -0.461. The van der Waals surface area contributed by atoms with Crippen LogP contribution in [0.5, 0.6) is 0 Å². The van der Waals surface area contributed by atoms with Gasteiger partial charge < -0.3 is 19.3 Å². The smallest absolute Gasteiger partial charge is 0.320 e. The normalized spacial score (nSPS) is 10.6. The van der Waals surface area contributed by atoms with Crippen molar-refractivity contribution in [3.8, 4) is 0 Å². The van der Waals surface area contributed by atoms with Crippen molar-refractivity contribution in [1.82, 2.24) is 20.4 Å². The molecule has 4 aromatic carbocycles. The lowest BCUT2D eigenvalue weighted by Gasteiger charge is -2.28. The highest BCUT2D eigenvalue weighted by atomic mass is 16.5. The highest BCUT2D eigenvalue weighted by molar-refractivity contribution is 5.81. The van der Waals surface area contributed by atoms with Crippen LogP contribution in [0.4, 0.5) is 0 Å². The molecule has 0 saturated heterocycles. The molecule has 250 valence electrons. The summed E-state index contributed by atoms with van der Waals surface area (Å²) in [6.07, 6.45) is 0. The number of ether oxygens (including phenoxy) is 2. The van der Waals surface area contributed by atoms with Gasteiger partial charge in [-0.1, -0.05) is 121 Å². The Morgan fingerprint density at radius 1 is 0.438 bits per heavy atom. The number of benzene rings is 4. The summed E-state index contributed by atoms with van der Waals surface area (Å²) in [6.45, 7) is 1.11. The monoisotopic (exact) mass is 650 g/mol. The van der Waals surface area contributed by atoms with E-state index in [0.29, 0.717) is 13.1 Å². The first-order valence-corrected chi connectivity index (χ1v) is 15.9. The van der Waals surface area contributed by atoms with E-state index in [9.17, 15) is 19.2 Å². The molecule has 0 aromatic heterocycles. The van der Waals surface area contributed by atoms with Gasteiger partial charge in [-0.15, -0.1) is 0 Å². The van der Waals surface area contributed by atoms with Crippen molar-refractivity contribution in [2.24, 2.45) is 0 Å².